The minimum absolute atomic E-state index is 0.00312. The smallest absolute Gasteiger partial charge is 0.303 e. The van der Waals surface area contributed by atoms with Gasteiger partial charge in [0.1, 0.15) is 5.83 Å². The van der Waals surface area contributed by atoms with E-state index in [1.54, 1.807) is 6.92 Å². The fraction of sp³-hybridized carbons (Fsp3) is 0.769. The first-order valence-corrected chi connectivity index (χ1v) is 12.0. The van der Waals surface area contributed by atoms with Gasteiger partial charge < -0.3 is 9.47 Å². The summed E-state index contributed by atoms with van der Waals surface area (Å²) in [6.07, 6.45) is 6.69. The molecule has 3 saturated carbocycles. The molecule has 8 atom stereocenters. The lowest BCUT2D eigenvalue weighted by molar-refractivity contribution is -0.187. The van der Waals surface area contributed by atoms with Gasteiger partial charge in [0.2, 0.25) is 0 Å². The third-order valence-corrected chi connectivity index (χ3v) is 10.0. The highest BCUT2D eigenvalue weighted by molar-refractivity contribution is 5.89. The average Bonchev–Trinajstić information content (AvgIpc) is 3.44. The van der Waals surface area contributed by atoms with Crippen molar-refractivity contribution in [3.8, 4) is 0 Å². The van der Waals surface area contributed by atoms with E-state index in [0.717, 1.165) is 37.0 Å². The van der Waals surface area contributed by atoms with E-state index in [4.69, 9.17) is 9.47 Å². The van der Waals surface area contributed by atoms with Crippen LogP contribution in [0.1, 0.15) is 73.1 Å². The van der Waals surface area contributed by atoms with Crippen LogP contribution >= 0.6 is 0 Å². The van der Waals surface area contributed by atoms with E-state index in [-0.39, 0.29) is 28.9 Å². The molecule has 31 heavy (non-hydrogen) atoms. The Balaban J connectivity index is 1.55. The molecule has 5 rings (SSSR count). The zero-order chi connectivity index (χ0) is 22.3. The van der Waals surface area contributed by atoms with Crippen molar-refractivity contribution in [3.63, 3.8) is 0 Å². The van der Waals surface area contributed by atoms with Crippen LogP contribution < -0.4 is 0 Å². The molecule has 0 spiro atoms. The lowest BCUT2D eigenvalue weighted by Gasteiger charge is -2.58. The molecule has 2 unspecified atom stereocenters. The van der Waals surface area contributed by atoms with Crippen LogP contribution in [0.4, 0.5) is 4.39 Å². The zero-order valence-electron chi connectivity index (χ0n) is 19.4. The number of ketones is 1. The number of halogens is 1. The number of ether oxygens (including phenoxy) is 2. The summed E-state index contributed by atoms with van der Waals surface area (Å²) in [5.74, 6) is 2.16. The Morgan fingerprint density at radius 2 is 1.84 bits per heavy atom. The van der Waals surface area contributed by atoms with E-state index >= 15 is 4.39 Å². The van der Waals surface area contributed by atoms with Crippen LogP contribution in [0.2, 0.25) is 0 Å². The van der Waals surface area contributed by atoms with Crippen LogP contribution in [0.25, 0.3) is 0 Å². The van der Waals surface area contributed by atoms with Crippen molar-refractivity contribution in [1.82, 2.24) is 0 Å². The lowest BCUT2D eigenvalue weighted by Crippen LogP contribution is -2.58. The van der Waals surface area contributed by atoms with Gasteiger partial charge in [-0.15, -0.1) is 0 Å². The summed E-state index contributed by atoms with van der Waals surface area (Å²) >= 11 is 0. The zero-order valence-corrected chi connectivity index (χ0v) is 19.4. The van der Waals surface area contributed by atoms with Crippen LogP contribution in [0.15, 0.2) is 23.2 Å². The third kappa shape index (κ3) is 2.58. The molecular formula is C26H35FO4. The molecule has 0 aromatic rings. The second-order valence-corrected chi connectivity index (χ2v) is 11.1. The summed E-state index contributed by atoms with van der Waals surface area (Å²) in [5, 5.41) is 0. The maximum atomic E-state index is 15.7. The Bertz CT molecular complexity index is 905. The predicted octanol–water partition coefficient (Wildman–Crippen LogP) is 5.52. The van der Waals surface area contributed by atoms with E-state index in [1.807, 2.05) is 13.0 Å². The highest BCUT2D eigenvalue weighted by Crippen LogP contribution is 2.73. The van der Waals surface area contributed by atoms with Crippen LogP contribution in [0.5, 0.6) is 0 Å². The maximum Gasteiger partial charge on any atom is 0.303 e. The molecule has 0 N–H and O–H groups in total. The van der Waals surface area contributed by atoms with Crippen LogP contribution in [0, 0.1) is 40.4 Å². The number of allylic oxidation sites excluding steroid dienone is 4. The van der Waals surface area contributed by atoms with Crippen molar-refractivity contribution in [2.75, 3.05) is 6.61 Å². The molecule has 3 fully saturated rings. The second kappa shape index (κ2) is 6.68. The number of esters is 1. The fourth-order valence-corrected chi connectivity index (χ4v) is 8.63. The number of carbonyl (C=O) groups is 2. The van der Waals surface area contributed by atoms with Crippen molar-refractivity contribution >= 4 is 11.8 Å². The average molecular weight is 431 g/mol. The van der Waals surface area contributed by atoms with E-state index in [9.17, 15) is 9.59 Å². The Morgan fingerprint density at radius 3 is 2.48 bits per heavy atom. The van der Waals surface area contributed by atoms with E-state index in [1.165, 1.54) is 6.92 Å². The van der Waals surface area contributed by atoms with Gasteiger partial charge in [0.05, 0.1) is 12.4 Å². The molecule has 0 aromatic heterocycles. The van der Waals surface area contributed by atoms with E-state index in [0.29, 0.717) is 37.2 Å². The second-order valence-electron chi connectivity index (χ2n) is 11.1. The molecule has 5 aliphatic carbocycles. The Kier molecular flexibility index (Phi) is 4.57. The molecule has 0 bridgehead atoms. The molecule has 0 amide bonds. The summed E-state index contributed by atoms with van der Waals surface area (Å²) in [6.45, 7) is 9.96. The van der Waals surface area contributed by atoms with Gasteiger partial charge in [-0.05, 0) is 81.3 Å². The first kappa shape index (κ1) is 21.2. The van der Waals surface area contributed by atoms with Gasteiger partial charge >= 0.3 is 5.97 Å². The number of carbonyl (C=O) groups excluding carboxylic acids is 2. The van der Waals surface area contributed by atoms with Crippen molar-refractivity contribution in [3.05, 3.63) is 23.2 Å². The largest absolute Gasteiger partial charge is 0.498 e. The van der Waals surface area contributed by atoms with Crippen LogP contribution in [0.3, 0.4) is 0 Å². The fourth-order valence-electron chi connectivity index (χ4n) is 8.63. The van der Waals surface area contributed by atoms with E-state index in [2.05, 4.69) is 13.8 Å². The van der Waals surface area contributed by atoms with Crippen molar-refractivity contribution in [1.29, 1.82) is 0 Å². The van der Waals surface area contributed by atoms with Crippen molar-refractivity contribution < 1.29 is 23.5 Å². The molecule has 0 aromatic carbocycles. The molecule has 0 radical (unpaired) electrons. The number of hydrogen-bond donors (Lipinski definition) is 0. The molecule has 0 aliphatic heterocycles. The third-order valence-electron chi connectivity index (χ3n) is 10.0. The van der Waals surface area contributed by atoms with E-state index < -0.39 is 17.0 Å². The summed E-state index contributed by atoms with van der Waals surface area (Å²) in [7, 11) is 0. The molecule has 5 heteroatoms. The topological polar surface area (TPSA) is 52.6 Å². The van der Waals surface area contributed by atoms with Gasteiger partial charge in [-0.1, -0.05) is 13.8 Å². The molecule has 4 nitrogen and oxygen atoms in total. The minimum Gasteiger partial charge on any atom is -0.498 e. The molecular weight excluding hydrogens is 395 g/mol. The molecule has 0 saturated heterocycles. The number of rotatable bonds is 4. The first-order chi connectivity index (χ1) is 14.6. The van der Waals surface area contributed by atoms with Crippen LogP contribution in [-0.4, -0.2) is 24.0 Å². The monoisotopic (exact) mass is 430 g/mol. The maximum absolute atomic E-state index is 15.7. The SMILES string of the molecule is CCOC1=CC2=C(F)C[C@@H]3[C@@H](CC[C@@]4(C)[C@H]3CC[C@@]4(OC(C)=O)C(C)=O)[C@]2(C)C2CC12. The summed E-state index contributed by atoms with van der Waals surface area (Å²) < 4.78 is 27.4. The predicted molar refractivity (Wildman–Crippen MR) is 114 cm³/mol. The molecule has 5 aliphatic rings. The highest BCUT2D eigenvalue weighted by Gasteiger charge is 2.70. The summed E-state index contributed by atoms with van der Waals surface area (Å²) in [4.78, 5) is 24.8. The van der Waals surface area contributed by atoms with Gasteiger partial charge in [-0.3, -0.25) is 9.59 Å². The van der Waals surface area contributed by atoms with Gasteiger partial charge in [-0.25, -0.2) is 4.39 Å². The standard InChI is InChI=1S/C26H35FO4/c1-6-30-23-13-21-22(27)12-16-18-8-10-26(14(2)28,31-15(3)29)24(18,4)9-7-19(16)25(21,5)20-11-17(20)23/h13,16-20H,6-12H2,1-5H3/t16-,17?,18-,19+,20?,24-,25+,26+/m0/s1. The number of fused-ring (bicyclic) bond motifs is 7. The Labute approximate surface area is 184 Å². The normalized spacial score (nSPS) is 47.4. The highest BCUT2D eigenvalue weighted by atomic mass is 19.1. The summed E-state index contributed by atoms with van der Waals surface area (Å²) in [5.41, 5.74) is -0.783. The quantitative estimate of drug-likeness (QED) is 0.551. The molecule has 170 valence electrons. The lowest BCUT2D eigenvalue weighted by atomic mass is 9.47. The van der Waals surface area contributed by atoms with Gasteiger partial charge in [0.25, 0.3) is 0 Å². The van der Waals surface area contributed by atoms with Gasteiger partial charge in [0.15, 0.2) is 11.4 Å². The first-order valence-electron chi connectivity index (χ1n) is 12.0. The van der Waals surface area contributed by atoms with Crippen LogP contribution in [-0.2, 0) is 19.1 Å². The number of hydrogen-bond acceptors (Lipinski definition) is 4. The minimum atomic E-state index is -1.06. The Morgan fingerprint density at radius 1 is 1.13 bits per heavy atom. The number of Topliss-reactive ketones (excluding diaryl/α,β-unsaturated/α-hetero) is 1. The van der Waals surface area contributed by atoms with Crippen molar-refractivity contribution in [2.45, 2.75) is 78.7 Å². The van der Waals surface area contributed by atoms with Crippen molar-refractivity contribution in [2.24, 2.45) is 40.4 Å². The summed E-state index contributed by atoms with van der Waals surface area (Å²) in [6, 6.07) is 0. The molecule has 0 heterocycles. The Hall–Kier alpha value is -1.65. The van der Waals surface area contributed by atoms with Gasteiger partial charge in [0, 0.05) is 30.1 Å². The van der Waals surface area contributed by atoms with Gasteiger partial charge in [-0.2, -0.15) is 0 Å².